The molecule has 0 aliphatic carbocycles. The van der Waals surface area contributed by atoms with Crippen LogP contribution in [-0.4, -0.2) is 25.3 Å². The van der Waals surface area contributed by atoms with E-state index in [4.69, 9.17) is 10.5 Å². The number of aryl methyl sites for hydroxylation is 1. The molecule has 3 heterocycles. The first-order valence-electron chi connectivity index (χ1n) is 6.77. The van der Waals surface area contributed by atoms with Gasteiger partial charge in [-0.3, -0.25) is 9.20 Å². The predicted molar refractivity (Wildman–Crippen MR) is 81.8 cm³/mol. The maximum atomic E-state index is 12.1. The topological polar surface area (TPSA) is 112 Å². The van der Waals surface area contributed by atoms with E-state index in [9.17, 15) is 9.59 Å². The Labute approximate surface area is 130 Å². The van der Waals surface area contributed by atoms with Crippen LogP contribution in [-0.2, 0) is 11.3 Å². The molecule has 8 nitrogen and oxygen atoms in total. The van der Waals surface area contributed by atoms with Crippen molar-refractivity contribution in [1.82, 2.24) is 19.4 Å². The zero-order chi connectivity index (χ0) is 16.4. The van der Waals surface area contributed by atoms with E-state index in [2.05, 4.69) is 15.0 Å². The Bertz CT molecular complexity index is 951. The maximum absolute atomic E-state index is 12.1. The molecule has 0 radical (unpaired) electrons. The van der Waals surface area contributed by atoms with Crippen LogP contribution >= 0.6 is 0 Å². The molecule has 3 aromatic heterocycles. The minimum atomic E-state index is -0.721. The molecule has 0 saturated heterocycles. The minimum absolute atomic E-state index is 0.0143. The Morgan fingerprint density at radius 3 is 2.87 bits per heavy atom. The molecule has 0 aliphatic rings. The van der Waals surface area contributed by atoms with Gasteiger partial charge in [0.2, 0.25) is 0 Å². The number of hydrogen-bond acceptors (Lipinski definition) is 7. The van der Waals surface area contributed by atoms with Crippen molar-refractivity contribution in [3.8, 4) is 0 Å². The van der Waals surface area contributed by atoms with E-state index in [1.807, 2.05) is 13.0 Å². The van der Waals surface area contributed by atoms with Crippen molar-refractivity contribution in [2.24, 2.45) is 0 Å². The summed E-state index contributed by atoms with van der Waals surface area (Å²) in [5.74, 6) is -0.735. The van der Waals surface area contributed by atoms with Gasteiger partial charge in [-0.15, -0.1) is 0 Å². The van der Waals surface area contributed by atoms with Crippen LogP contribution < -0.4 is 11.3 Å². The molecule has 23 heavy (non-hydrogen) atoms. The van der Waals surface area contributed by atoms with Gasteiger partial charge >= 0.3 is 5.97 Å². The monoisotopic (exact) mass is 311 g/mol. The first-order valence-corrected chi connectivity index (χ1v) is 6.77. The van der Waals surface area contributed by atoms with Crippen LogP contribution in [0.3, 0.4) is 0 Å². The standard InChI is InChI=1S/C15H13N5O3/c1-9-2-3-11-19-10(6-12(21)20(11)7-9)8-23-15(22)13-14(16)18-5-4-17-13/h2-7H,8H2,1H3,(H2,16,18). The highest BCUT2D eigenvalue weighted by molar-refractivity contribution is 5.91. The highest BCUT2D eigenvalue weighted by Gasteiger charge is 2.14. The van der Waals surface area contributed by atoms with Crippen molar-refractivity contribution < 1.29 is 9.53 Å². The number of ether oxygens (including phenoxy) is 1. The first kappa shape index (κ1) is 14.6. The molecule has 0 unspecified atom stereocenters. The molecule has 2 N–H and O–H groups in total. The number of hydrogen-bond donors (Lipinski definition) is 1. The number of carbonyl (C=O) groups excluding carboxylic acids is 1. The lowest BCUT2D eigenvalue weighted by molar-refractivity contribution is 0.0461. The van der Waals surface area contributed by atoms with E-state index >= 15 is 0 Å². The lowest BCUT2D eigenvalue weighted by atomic mass is 10.3. The van der Waals surface area contributed by atoms with Gasteiger partial charge in [0.25, 0.3) is 5.56 Å². The van der Waals surface area contributed by atoms with E-state index in [1.54, 1.807) is 12.3 Å². The molecular weight excluding hydrogens is 298 g/mol. The third-order valence-corrected chi connectivity index (χ3v) is 3.13. The molecule has 0 bridgehead atoms. The van der Waals surface area contributed by atoms with Crippen molar-refractivity contribution in [2.75, 3.05) is 5.73 Å². The van der Waals surface area contributed by atoms with E-state index in [0.29, 0.717) is 11.3 Å². The van der Waals surface area contributed by atoms with Gasteiger partial charge in [-0.2, -0.15) is 0 Å². The van der Waals surface area contributed by atoms with Gasteiger partial charge in [-0.25, -0.2) is 19.7 Å². The van der Waals surface area contributed by atoms with Crippen LogP contribution in [0.4, 0.5) is 5.82 Å². The van der Waals surface area contributed by atoms with Gasteiger partial charge in [0.15, 0.2) is 11.5 Å². The van der Waals surface area contributed by atoms with Crippen molar-refractivity contribution in [3.05, 3.63) is 64.1 Å². The summed E-state index contributed by atoms with van der Waals surface area (Å²) in [6, 6.07) is 4.89. The fraction of sp³-hybridized carbons (Fsp3) is 0.133. The molecule has 0 amide bonds. The number of nitrogens with zero attached hydrogens (tertiary/aromatic N) is 4. The van der Waals surface area contributed by atoms with E-state index in [-0.39, 0.29) is 23.7 Å². The number of carbonyl (C=O) groups is 1. The van der Waals surface area contributed by atoms with Gasteiger partial charge in [0.05, 0.1) is 5.69 Å². The van der Waals surface area contributed by atoms with Crippen LogP contribution in [0.2, 0.25) is 0 Å². The Morgan fingerprint density at radius 2 is 2.09 bits per heavy atom. The number of esters is 1. The van der Waals surface area contributed by atoms with Crippen molar-refractivity contribution in [3.63, 3.8) is 0 Å². The highest BCUT2D eigenvalue weighted by atomic mass is 16.5. The number of aromatic nitrogens is 4. The first-order chi connectivity index (χ1) is 11.0. The average molecular weight is 311 g/mol. The van der Waals surface area contributed by atoms with Crippen molar-refractivity contribution in [2.45, 2.75) is 13.5 Å². The zero-order valence-corrected chi connectivity index (χ0v) is 12.3. The second kappa shape index (κ2) is 5.84. The zero-order valence-electron chi connectivity index (χ0n) is 12.3. The molecule has 0 aliphatic heterocycles. The summed E-state index contributed by atoms with van der Waals surface area (Å²) in [7, 11) is 0. The lowest BCUT2D eigenvalue weighted by Crippen LogP contribution is -2.17. The predicted octanol–water partition coefficient (Wildman–Crippen LogP) is 0.732. The summed E-state index contributed by atoms with van der Waals surface area (Å²) in [6.07, 6.45) is 4.41. The summed E-state index contributed by atoms with van der Waals surface area (Å²) < 4.78 is 6.52. The molecule has 3 rings (SSSR count). The summed E-state index contributed by atoms with van der Waals surface area (Å²) in [6.45, 7) is 1.72. The summed E-state index contributed by atoms with van der Waals surface area (Å²) >= 11 is 0. The number of anilines is 1. The van der Waals surface area contributed by atoms with Gasteiger partial charge in [-0.1, -0.05) is 6.07 Å². The Balaban J connectivity index is 1.82. The van der Waals surface area contributed by atoms with Crippen LogP contribution in [0.25, 0.3) is 5.65 Å². The maximum Gasteiger partial charge on any atom is 0.361 e. The minimum Gasteiger partial charge on any atom is -0.454 e. The molecule has 0 saturated carbocycles. The summed E-state index contributed by atoms with van der Waals surface area (Å²) in [5, 5.41) is 0. The average Bonchev–Trinajstić information content (AvgIpc) is 2.54. The number of pyridine rings is 1. The highest BCUT2D eigenvalue weighted by Crippen LogP contribution is 2.08. The molecule has 8 heteroatoms. The van der Waals surface area contributed by atoms with Crippen LogP contribution in [0, 0.1) is 6.92 Å². The molecule has 0 spiro atoms. The largest absolute Gasteiger partial charge is 0.454 e. The second-order valence-electron chi connectivity index (χ2n) is 4.89. The number of fused-ring (bicyclic) bond motifs is 1. The van der Waals surface area contributed by atoms with E-state index < -0.39 is 5.97 Å². The van der Waals surface area contributed by atoms with Gasteiger partial charge < -0.3 is 10.5 Å². The SMILES string of the molecule is Cc1ccc2nc(COC(=O)c3nccnc3N)cc(=O)n2c1. The molecule has 3 aromatic rings. The van der Waals surface area contributed by atoms with Crippen molar-refractivity contribution in [1.29, 1.82) is 0 Å². The normalized spacial score (nSPS) is 10.7. The molecule has 0 aromatic carbocycles. The Morgan fingerprint density at radius 1 is 1.30 bits per heavy atom. The number of nitrogen functional groups attached to an aromatic ring is 1. The second-order valence-corrected chi connectivity index (χ2v) is 4.89. The number of nitrogens with two attached hydrogens (primary N) is 1. The summed E-state index contributed by atoms with van der Waals surface area (Å²) in [4.78, 5) is 35.8. The van der Waals surface area contributed by atoms with Gasteiger partial charge in [0, 0.05) is 24.7 Å². The third kappa shape index (κ3) is 3.00. The van der Waals surface area contributed by atoms with Crippen LogP contribution in [0.1, 0.15) is 21.7 Å². The quantitative estimate of drug-likeness (QED) is 0.709. The molecule has 116 valence electrons. The molecule has 0 fully saturated rings. The smallest absolute Gasteiger partial charge is 0.361 e. The third-order valence-electron chi connectivity index (χ3n) is 3.13. The molecular formula is C15H13N5O3. The number of rotatable bonds is 3. The van der Waals surface area contributed by atoms with Gasteiger partial charge in [0.1, 0.15) is 12.3 Å². The summed E-state index contributed by atoms with van der Waals surface area (Å²) in [5.41, 5.74) is 7.01. The fourth-order valence-corrected chi connectivity index (χ4v) is 2.05. The Kier molecular flexibility index (Phi) is 3.71. The van der Waals surface area contributed by atoms with Gasteiger partial charge in [-0.05, 0) is 18.6 Å². The lowest BCUT2D eigenvalue weighted by Gasteiger charge is -2.07. The fourth-order valence-electron chi connectivity index (χ4n) is 2.05. The Hall–Kier alpha value is -3.29. The van der Waals surface area contributed by atoms with Crippen molar-refractivity contribution >= 4 is 17.4 Å². The molecule has 0 atom stereocenters. The van der Waals surface area contributed by atoms with E-state index in [1.165, 1.54) is 22.9 Å². The van der Waals surface area contributed by atoms with Crippen LogP contribution in [0.15, 0.2) is 41.6 Å². The van der Waals surface area contributed by atoms with Crippen LogP contribution in [0.5, 0.6) is 0 Å². The van der Waals surface area contributed by atoms with E-state index in [0.717, 1.165) is 5.56 Å².